The van der Waals surface area contributed by atoms with Gasteiger partial charge in [0.1, 0.15) is 5.75 Å². The van der Waals surface area contributed by atoms with Gasteiger partial charge in [-0.25, -0.2) is 4.39 Å². The van der Waals surface area contributed by atoms with E-state index in [0.717, 1.165) is 49.4 Å². The van der Waals surface area contributed by atoms with Gasteiger partial charge in [-0.1, -0.05) is 45.4 Å². The average molecular weight is 567 g/mol. The molecule has 0 saturated heterocycles. The Morgan fingerprint density at radius 3 is 1.82 bits per heavy atom. The molecule has 3 fully saturated rings. The van der Waals surface area contributed by atoms with E-state index in [1.54, 1.807) is 6.92 Å². The summed E-state index contributed by atoms with van der Waals surface area (Å²) in [6.45, 7) is 4.93. The highest BCUT2D eigenvalue weighted by molar-refractivity contribution is 5.41. The van der Waals surface area contributed by atoms with Crippen LogP contribution in [-0.2, 0) is 4.74 Å². The van der Waals surface area contributed by atoms with Crippen LogP contribution in [0.2, 0.25) is 0 Å². The summed E-state index contributed by atoms with van der Waals surface area (Å²) < 4.78 is 59.2. The lowest BCUT2D eigenvalue weighted by molar-refractivity contribution is -0.223. The Bertz CT molecular complexity index is 883. The number of alkyl halides is 2. The van der Waals surface area contributed by atoms with Crippen molar-refractivity contribution in [2.45, 2.75) is 136 Å². The summed E-state index contributed by atoms with van der Waals surface area (Å²) in [5.74, 6) is 3.56. The van der Waals surface area contributed by atoms with Crippen LogP contribution in [0.5, 0.6) is 11.5 Å². The highest BCUT2D eigenvalue weighted by atomic mass is 19.3. The van der Waals surface area contributed by atoms with Crippen LogP contribution < -0.4 is 9.47 Å². The van der Waals surface area contributed by atoms with Gasteiger partial charge in [-0.2, -0.15) is 8.78 Å². The van der Waals surface area contributed by atoms with Crippen molar-refractivity contribution in [3.63, 3.8) is 0 Å². The van der Waals surface area contributed by atoms with Crippen LogP contribution in [0.3, 0.4) is 0 Å². The van der Waals surface area contributed by atoms with Crippen LogP contribution in [0.15, 0.2) is 12.1 Å². The minimum Gasteiger partial charge on any atom is -0.491 e. The number of unbranched alkanes of at least 4 members (excludes halogenated alkanes) is 2. The maximum atomic E-state index is 14.6. The standard InChI is InChI=1S/C34H53F3O3/c1-4-6-7-8-25-9-11-26(12-10-25)27-13-15-28(16-14-27)29-17-19-30(20-18-29)39-23-34(36,37)40-31-21-22-32(38-5-2)33(35)24(31)3/h21-22,25-30H,4-20,23H2,1-3H3. The molecule has 0 aromatic heterocycles. The van der Waals surface area contributed by atoms with E-state index in [9.17, 15) is 13.2 Å². The molecule has 0 aliphatic heterocycles. The van der Waals surface area contributed by atoms with E-state index in [2.05, 4.69) is 6.92 Å². The zero-order valence-electron chi connectivity index (χ0n) is 25.2. The first kappa shape index (κ1) is 31.5. The van der Waals surface area contributed by atoms with Crippen molar-refractivity contribution in [1.29, 1.82) is 0 Å². The molecule has 0 atom stereocenters. The molecule has 0 radical (unpaired) electrons. The van der Waals surface area contributed by atoms with E-state index >= 15 is 0 Å². The zero-order chi connectivity index (χ0) is 28.5. The first-order valence-electron chi connectivity index (χ1n) is 16.4. The highest BCUT2D eigenvalue weighted by Gasteiger charge is 2.37. The Morgan fingerprint density at radius 1 is 0.750 bits per heavy atom. The van der Waals surface area contributed by atoms with Gasteiger partial charge in [-0.15, -0.1) is 0 Å². The minimum atomic E-state index is -3.52. The Morgan fingerprint density at radius 2 is 1.27 bits per heavy atom. The van der Waals surface area contributed by atoms with Gasteiger partial charge in [-0.05, 0) is 120 Å². The van der Waals surface area contributed by atoms with Crippen molar-refractivity contribution in [3.8, 4) is 11.5 Å². The molecule has 3 aliphatic rings. The molecule has 3 nitrogen and oxygen atoms in total. The lowest BCUT2D eigenvalue weighted by Gasteiger charge is -2.41. The molecule has 4 rings (SSSR count). The molecule has 228 valence electrons. The normalized spacial score (nSPS) is 29.8. The molecule has 0 N–H and O–H groups in total. The largest absolute Gasteiger partial charge is 0.491 e. The Kier molecular flexibility index (Phi) is 11.9. The second-order valence-electron chi connectivity index (χ2n) is 13.0. The van der Waals surface area contributed by atoms with Gasteiger partial charge in [0.05, 0.1) is 12.7 Å². The number of ether oxygens (including phenoxy) is 3. The molecule has 0 spiro atoms. The molecule has 0 unspecified atom stereocenters. The fraction of sp³-hybridized carbons (Fsp3) is 0.824. The van der Waals surface area contributed by atoms with Gasteiger partial charge in [0, 0.05) is 5.56 Å². The second kappa shape index (κ2) is 15.2. The van der Waals surface area contributed by atoms with Crippen LogP contribution in [0.25, 0.3) is 0 Å². The fourth-order valence-corrected chi connectivity index (χ4v) is 7.87. The van der Waals surface area contributed by atoms with Crippen molar-refractivity contribution in [2.24, 2.45) is 29.6 Å². The number of rotatable bonds is 13. The van der Waals surface area contributed by atoms with E-state index in [1.807, 2.05) is 0 Å². The summed E-state index contributed by atoms with van der Waals surface area (Å²) >= 11 is 0. The third-order valence-electron chi connectivity index (χ3n) is 10.3. The average Bonchev–Trinajstić information content (AvgIpc) is 2.97. The topological polar surface area (TPSA) is 27.7 Å². The van der Waals surface area contributed by atoms with Crippen LogP contribution >= 0.6 is 0 Å². The van der Waals surface area contributed by atoms with E-state index in [1.165, 1.54) is 96.1 Å². The molecule has 1 aromatic carbocycles. The summed E-state index contributed by atoms with van der Waals surface area (Å²) in [4.78, 5) is 0. The fourth-order valence-electron chi connectivity index (χ4n) is 7.87. The number of hydrogen-bond acceptors (Lipinski definition) is 3. The van der Waals surface area contributed by atoms with Crippen LogP contribution in [0.4, 0.5) is 13.2 Å². The SMILES string of the molecule is CCCCCC1CCC(C2CCC(C3CCC(OCC(F)(F)Oc4ccc(OCC)c(F)c4C)CC3)CC2)CC1. The Labute approximate surface area is 240 Å². The van der Waals surface area contributed by atoms with Crippen molar-refractivity contribution >= 4 is 0 Å². The zero-order valence-corrected chi connectivity index (χ0v) is 25.2. The Hall–Kier alpha value is -1.43. The minimum absolute atomic E-state index is 0.0101. The highest BCUT2D eigenvalue weighted by Crippen LogP contribution is 2.46. The third kappa shape index (κ3) is 8.79. The van der Waals surface area contributed by atoms with Crippen LogP contribution in [-0.4, -0.2) is 25.4 Å². The van der Waals surface area contributed by atoms with Crippen molar-refractivity contribution in [3.05, 3.63) is 23.5 Å². The molecule has 1 aromatic rings. The second-order valence-corrected chi connectivity index (χ2v) is 13.0. The molecule has 6 heteroatoms. The predicted molar refractivity (Wildman–Crippen MR) is 155 cm³/mol. The molecule has 0 heterocycles. The van der Waals surface area contributed by atoms with Gasteiger partial charge in [0.15, 0.2) is 18.2 Å². The smallest absolute Gasteiger partial charge is 0.421 e. The van der Waals surface area contributed by atoms with Gasteiger partial charge >= 0.3 is 6.11 Å². The van der Waals surface area contributed by atoms with Gasteiger partial charge in [-0.3, -0.25) is 0 Å². The monoisotopic (exact) mass is 566 g/mol. The van der Waals surface area contributed by atoms with E-state index in [4.69, 9.17) is 14.2 Å². The van der Waals surface area contributed by atoms with E-state index < -0.39 is 18.5 Å². The first-order chi connectivity index (χ1) is 19.3. The lowest BCUT2D eigenvalue weighted by Crippen LogP contribution is -2.35. The van der Waals surface area contributed by atoms with Gasteiger partial charge < -0.3 is 14.2 Å². The summed E-state index contributed by atoms with van der Waals surface area (Å²) in [6.07, 6.45) is 17.0. The van der Waals surface area contributed by atoms with Crippen molar-refractivity contribution in [1.82, 2.24) is 0 Å². The number of benzene rings is 1. The molecular formula is C34H53F3O3. The van der Waals surface area contributed by atoms with Crippen LogP contribution in [0, 0.1) is 42.3 Å². The summed E-state index contributed by atoms with van der Waals surface area (Å²) in [7, 11) is 0. The predicted octanol–water partition coefficient (Wildman–Crippen LogP) is 10.3. The third-order valence-corrected chi connectivity index (χ3v) is 10.3. The van der Waals surface area contributed by atoms with Gasteiger partial charge in [0.2, 0.25) is 0 Å². The number of hydrogen-bond donors (Lipinski definition) is 0. The van der Waals surface area contributed by atoms with Gasteiger partial charge in [0.25, 0.3) is 0 Å². The maximum Gasteiger partial charge on any atom is 0.421 e. The van der Waals surface area contributed by atoms with Crippen molar-refractivity contribution in [2.75, 3.05) is 13.2 Å². The summed E-state index contributed by atoms with van der Waals surface area (Å²) in [5, 5.41) is 0. The lowest BCUT2D eigenvalue weighted by atomic mass is 9.65. The van der Waals surface area contributed by atoms with Crippen LogP contribution in [0.1, 0.15) is 122 Å². The van der Waals surface area contributed by atoms with E-state index in [0.29, 0.717) is 12.5 Å². The maximum absolute atomic E-state index is 14.6. The molecule has 3 saturated carbocycles. The summed E-state index contributed by atoms with van der Waals surface area (Å²) in [6, 6.07) is 2.66. The molecule has 40 heavy (non-hydrogen) atoms. The molecule has 0 bridgehead atoms. The first-order valence-corrected chi connectivity index (χ1v) is 16.4. The molecular weight excluding hydrogens is 513 g/mol. The number of halogens is 3. The summed E-state index contributed by atoms with van der Waals surface area (Å²) in [5.41, 5.74) is 0.0101. The van der Waals surface area contributed by atoms with E-state index in [-0.39, 0.29) is 23.2 Å². The van der Waals surface area contributed by atoms with Crippen molar-refractivity contribution < 1.29 is 27.4 Å². The molecule has 0 amide bonds. The quantitative estimate of drug-likeness (QED) is 0.222. The molecule has 3 aliphatic carbocycles. The Balaban J connectivity index is 1.13.